The van der Waals surface area contributed by atoms with E-state index < -0.39 is 17.9 Å². The molecule has 0 fully saturated rings. The van der Waals surface area contributed by atoms with Crippen LogP contribution in [0.25, 0.3) is 0 Å². The molecular weight excluding hydrogens is 362 g/mol. The van der Waals surface area contributed by atoms with Crippen LogP contribution in [0.5, 0.6) is 17.2 Å². The van der Waals surface area contributed by atoms with Crippen molar-refractivity contribution in [3.8, 4) is 17.2 Å². The molecule has 0 aromatic heterocycles. The van der Waals surface area contributed by atoms with E-state index >= 15 is 0 Å². The molecule has 0 aliphatic carbocycles. The Kier molecular flexibility index (Phi) is 7.26. The number of hydrogen-bond acceptors (Lipinski definition) is 5. The highest BCUT2D eigenvalue weighted by Gasteiger charge is 2.23. The maximum absolute atomic E-state index is 12.7. The van der Waals surface area contributed by atoms with Gasteiger partial charge in [-0.3, -0.25) is 9.59 Å². The summed E-state index contributed by atoms with van der Waals surface area (Å²) in [5.74, 6) is -0.0535. The van der Waals surface area contributed by atoms with Gasteiger partial charge in [0.15, 0.2) is 11.5 Å². The Labute approximate surface area is 164 Å². The van der Waals surface area contributed by atoms with Gasteiger partial charge in [0.1, 0.15) is 5.75 Å². The number of ether oxygens (including phenoxy) is 3. The lowest BCUT2D eigenvalue weighted by Crippen LogP contribution is -2.33. The van der Waals surface area contributed by atoms with Gasteiger partial charge in [0.2, 0.25) is 5.91 Å². The topological polar surface area (TPSA) is 94.1 Å². The van der Waals surface area contributed by atoms with E-state index in [0.717, 1.165) is 5.56 Å². The SMILES string of the molecule is COc1ccc(C(C)C(=O)NC(CC(=O)O)c2ccc(OC)c(OC)c2)cc1. The Hall–Kier alpha value is -3.22. The number of carboxylic acids is 1. The second-order valence-electron chi connectivity index (χ2n) is 6.27. The average molecular weight is 387 g/mol. The summed E-state index contributed by atoms with van der Waals surface area (Å²) in [7, 11) is 4.59. The third-order valence-electron chi connectivity index (χ3n) is 4.51. The lowest BCUT2D eigenvalue weighted by atomic mass is 9.97. The van der Waals surface area contributed by atoms with E-state index in [9.17, 15) is 14.7 Å². The van der Waals surface area contributed by atoms with Gasteiger partial charge in [0.05, 0.1) is 39.7 Å². The zero-order valence-electron chi connectivity index (χ0n) is 16.4. The van der Waals surface area contributed by atoms with Crippen molar-refractivity contribution in [2.24, 2.45) is 0 Å². The third-order valence-corrected chi connectivity index (χ3v) is 4.51. The molecular formula is C21H25NO6. The maximum atomic E-state index is 12.7. The highest BCUT2D eigenvalue weighted by atomic mass is 16.5. The standard InChI is InChI=1S/C21H25NO6/c1-13(14-5-8-16(26-2)9-6-14)21(25)22-17(12-20(23)24)15-7-10-18(27-3)19(11-15)28-4/h5-11,13,17H,12H2,1-4H3,(H,22,25)(H,23,24). The smallest absolute Gasteiger partial charge is 0.305 e. The Morgan fingerprint density at radius 2 is 1.54 bits per heavy atom. The van der Waals surface area contributed by atoms with Gasteiger partial charge >= 0.3 is 5.97 Å². The van der Waals surface area contributed by atoms with Gasteiger partial charge in [-0.1, -0.05) is 18.2 Å². The number of carboxylic acid groups (broad SMARTS) is 1. The van der Waals surface area contributed by atoms with E-state index in [2.05, 4.69) is 5.32 Å². The monoisotopic (exact) mass is 387 g/mol. The Bertz CT molecular complexity index is 818. The van der Waals surface area contributed by atoms with E-state index in [1.807, 2.05) is 12.1 Å². The lowest BCUT2D eigenvalue weighted by Gasteiger charge is -2.21. The van der Waals surface area contributed by atoms with Crippen molar-refractivity contribution in [3.05, 3.63) is 53.6 Å². The van der Waals surface area contributed by atoms with Crippen LogP contribution < -0.4 is 19.5 Å². The van der Waals surface area contributed by atoms with Crippen molar-refractivity contribution in [3.63, 3.8) is 0 Å². The van der Waals surface area contributed by atoms with E-state index in [0.29, 0.717) is 22.8 Å². The molecule has 2 rings (SSSR count). The number of rotatable bonds is 9. The van der Waals surface area contributed by atoms with Crippen molar-refractivity contribution >= 4 is 11.9 Å². The summed E-state index contributed by atoms with van der Waals surface area (Å²) in [6.07, 6.45) is -0.253. The summed E-state index contributed by atoms with van der Waals surface area (Å²) in [6.45, 7) is 1.77. The van der Waals surface area contributed by atoms with Crippen molar-refractivity contribution < 1.29 is 28.9 Å². The molecule has 2 atom stereocenters. The van der Waals surface area contributed by atoms with Crippen molar-refractivity contribution in [1.29, 1.82) is 0 Å². The van der Waals surface area contributed by atoms with E-state index in [1.165, 1.54) is 14.2 Å². The second kappa shape index (κ2) is 9.64. The summed E-state index contributed by atoms with van der Waals surface area (Å²) in [5.41, 5.74) is 1.43. The average Bonchev–Trinajstić information content (AvgIpc) is 2.71. The van der Waals surface area contributed by atoms with E-state index in [1.54, 1.807) is 44.4 Å². The Morgan fingerprint density at radius 1 is 0.929 bits per heavy atom. The minimum atomic E-state index is -1.02. The van der Waals surface area contributed by atoms with Crippen LogP contribution in [-0.4, -0.2) is 38.3 Å². The summed E-state index contributed by atoms with van der Waals surface area (Å²) >= 11 is 0. The fraction of sp³-hybridized carbons (Fsp3) is 0.333. The maximum Gasteiger partial charge on any atom is 0.305 e. The molecule has 150 valence electrons. The van der Waals surface area contributed by atoms with Gasteiger partial charge in [-0.2, -0.15) is 0 Å². The summed E-state index contributed by atoms with van der Waals surface area (Å²) < 4.78 is 15.6. The largest absolute Gasteiger partial charge is 0.497 e. The number of amides is 1. The fourth-order valence-corrected chi connectivity index (χ4v) is 2.84. The Morgan fingerprint density at radius 3 is 2.07 bits per heavy atom. The van der Waals surface area contributed by atoms with Crippen LogP contribution in [0.1, 0.15) is 36.4 Å². The quantitative estimate of drug-likeness (QED) is 0.686. The summed E-state index contributed by atoms with van der Waals surface area (Å²) in [5, 5.41) is 12.1. The number of benzene rings is 2. The van der Waals surface area contributed by atoms with Crippen molar-refractivity contribution in [2.45, 2.75) is 25.3 Å². The molecule has 7 nitrogen and oxygen atoms in total. The lowest BCUT2D eigenvalue weighted by molar-refractivity contribution is -0.137. The van der Waals surface area contributed by atoms with Gasteiger partial charge in [0.25, 0.3) is 0 Å². The predicted molar refractivity (Wildman–Crippen MR) is 104 cm³/mol. The number of aliphatic carboxylic acids is 1. The summed E-state index contributed by atoms with van der Waals surface area (Å²) in [6, 6.07) is 11.5. The normalized spacial score (nSPS) is 12.6. The van der Waals surface area contributed by atoms with Gasteiger partial charge in [-0.05, 0) is 42.3 Å². The zero-order valence-corrected chi connectivity index (χ0v) is 16.4. The molecule has 2 N–H and O–H groups in total. The molecule has 28 heavy (non-hydrogen) atoms. The highest BCUT2D eigenvalue weighted by molar-refractivity contribution is 5.84. The number of methoxy groups -OCH3 is 3. The van der Waals surface area contributed by atoms with Gasteiger partial charge in [0, 0.05) is 0 Å². The number of carbonyl (C=O) groups is 2. The van der Waals surface area contributed by atoms with Crippen LogP contribution in [0.15, 0.2) is 42.5 Å². The molecule has 0 radical (unpaired) electrons. The first-order valence-electron chi connectivity index (χ1n) is 8.77. The predicted octanol–water partition coefficient (Wildman–Crippen LogP) is 3.15. The van der Waals surface area contributed by atoms with Crippen LogP contribution in [0.2, 0.25) is 0 Å². The van der Waals surface area contributed by atoms with Gasteiger partial charge in [-0.15, -0.1) is 0 Å². The minimum Gasteiger partial charge on any atom is -0.497 e. The van der Waals surface area contributed by atoms with Crippen molar-refractivity contribution in [2.75, 3.05) is 21.3 Å². The molecule has 7 heteroatoms. The molecule has 1 amide bonds. The van der Waals surface area contributed by atoms with Crippen LogP contribution in [0.3, 0.4) is 0 Å². The highest BCUT2D eigenvalue weighted by Crippen LogP contribution is 2.31. The second-order valence-corrected chi connectivity index (χ2v) is 6.27. The molecule has 0 saturated heterocycles. The minimum absolute atomic E-state index is 0.253. The van der Waals surface area contributed by atoms with Gasteiger partial charge in [-0.25, -0.2) is 0 Å². The number of hydrogen-bond donors (Lipinski definition) is 2. The van der Waals surface area contributed by atoms with Gasteiger partial charge < -0.3 is 24.6 Å². The van der Waals surface area contributed by atoms with Crippen molar-refractivity contribution in [1.82, 2.24) is 5.32 Å². The molecule has 0 aliphatic rings. The van der Waals surface area contributed by atoms with Crippen LogP contribution in [0, 0.1) is 0 Å². The molecule has 2 aromatic rings. The van der Waals surface area contributed by atoms with E-state index in [-0.39, 0.29) is 12.3 Å². The van der Waals surface area contributed by atoms with Crippen LogP contribution in [0.4, 0.5) is 0 Å². The number of carbonyl (C=O) groups excluding carboxylic acids is 1. The molecule has 2 aromatic carbocycles. The summed E-state index contributed by atoms with van der Waals surface area (Å²) in [4.78, 5) is 24.1. The zero-order chi connectivity index (χ0) is 20.7. The van der Waals surface area contributed by atoms with E-state index in [4.69, 9.17) is 14.2 Å². The molecule has 0 saturated carbocycles. The molecule has 0 bridgehead atoms. The third kappa shape index (κ3) is 5.16. The fourth-order valence-electron chi connectivity index (χ4n) is 2.84. The van der Waals surface area contributed by atoms with Crippen LogP contribution in [-0.2, 0) is 9.59 Å². The molecule has 0 spiro atoms. The molecule has 0 aliphatic heterocycles. The first-order chi connectivity index (χ1) is 13.4. The Balaban J connectivity index is 2.23. The molecule has 0 heterocycles. The first-order valence-corrected chi connectivity index (χ1v) is 8.77. The molecule has 2 unspecified atom stereocenters. The van der Waals surface area contributed by atoms with Crippen LogP contribution >= 0.6 is 0 Å². The number of nitrogens with one attached hydrogen (secondary N) is 1. The first kappa shape index (κ1) is 21.1.